The number of aromatic nitrogens is 2. The average Bonchev–Trinajstić information content (AvgIpc) is 2.99. The summed E-state index contributed by atoms with van der Waals surface area (Å²) in [5.41, 5.74) is 8.01. The van der Waals surface area contributed by atoms with Crippen LogP contribution in [-0.2, 0) is 0 Å². The van der Waals surface area contributed by atoms with Crippen molar-refractivity contribution in [2.24, 2.45) is 0 Å². The second kappa shape index (κ2) is 7.76. The smallest absolute Gasteiger partial charge is 0.270 e. The van der Waals surface area contributed by atoms with Gasteiger partial charge in [-0.1, -0.05) is 12.1 Å². The number of rotatable bonds is 6. The van der Waals surface area contributed by atoms with Gasteiger partial charge < -0.3 is 5.32 Å². The van der Waals surface area contributed by atoms with Crippen LogP contribution in [0.5, 0.6) is 0 Å². The number of non-ortho nitro benzene ring substituents is 1. The first-order valence-corrected chi connectivity index (χ1v) is 8.79. The van der Waals surface area contributed by atoms with Crippen molar-refractivity contribution in [1.29, 1.82) is 0 Å². The molecule has 2 heterocycles. The SMILES string of the molecule is Cc1cc(NC(C)CC2CC(C)NN2)nc(-c2cccc([N+](=O)[O-])c2)n1. The Morgan fingerprint density at radius 1 is 1.35 bits per heavy atom. The molecule has 3 N–H and O–H groups in total. The second-order valence-electron chi connectivity index (χ2n) is 6.93. The Bertz CT molecular complexity index is 797. The van der Waals surface area contributed by atoms with E-state index in [0.29, 0.717) is 23.5 Å². The summed E-state index contributed by atoms with van der Waals surface area (Å²) in [7, 11) is 0. The van der Waals surface area contributed by atoms with E-state index in [1.54, 1.807) is 12.1 Å². The lowest BCUT2D eigenvalue weighted by Gasteiger charge is -2.19. The molecule has 1 fully saturated rings. The standard InChI is InChI=1S/C18H24N6O2/c1-11(7-15-8-13(3)22-23-15)19-17-9-12(2)20-18(21-17)14-5-4-6-16(10-14)24(25)26/h4-6,9-11,13,15,22-23H,7-8H2,1-3H3,(H,19,20,21). The number of nitro benzene ring substituents is 1. The molecule has 0 bridgehead atoms. The van der Waals surface area contributed by atoms with Gasteiger partial charge in [0.15, 0.2) is 5.82 Å². The molecule has 3 rings (SSSR count). The minimum atomic E-state index is -0.413. The first-order valence-electron chi connectivity index (χ1n) is 8.79. The Hall–Kier alpha value is -2.58. The minimum absolute atomic E-state index is 0.0319. The van der Waals surface area contributed by atoms with Crippen LogP contribution in [0.25, 0.3) is 11.4 Å². The number of hydrogen-bond acceptors (Lipinski definition) is 7. The molecule has 1 aromatic heterocycles. The summed E-state index contributed by atoms with van der Waals surface area (Å²) in [5, 5.41) is 14.4. The largest absolute Gasteiger partial charge is 0.367 e. The van der Waals surface area contributed by atoms with Crippen molar-refractivity contribution >= 4 is 11.5 Å². The van der Waals surface area contributed by atoms with Crippen LogP contribution < -0.4 is 16.2 Å². The van der Waals surface area contributed by atoms with Gasteiger partial charge in [0, 0.05) is 47.6 Å². The molecule has 1 aromatic carbocycles. The summed E-state index contributed by atoms with van der Waals surface area (Å²) in [4.78, 5) is 19.6. The van der Waals surface area contributed by atoms with Crippen LogP contribution in [0.3, 0.4) is 0 Å². The Balaban J connectivity index is 1.75. The fraction of sp³-hybridized carbons (Fsp3) is 0.444. The van der Waals surface area contributed by atoms with E-state index in [9.17, 15) is 10.1 Å². The fourth-order valence-electron chi connectivity index (χ4n) is 3.23. The highest BCUT2D eigenvalue weighted by Gasteiger charge is 2.22. The third kappa shape index (κ3) is 4.53. The predicted octanol–water partition coefficient (Wildman–Crippen LogP) is 2.81. The number of aryl methyl sites for hydroxylation is 1. The number of nitro groups is 1. The lowest BCUT2D eigenvalue weighted by Crippen LogP contribution is -2.35. The first kappa shape index (κ1) is 18.2. The Labute approximate surface area is 152 Å². The summed E-state index contributed by atoms with van der Waals surface area (Å²) < 4.78 is 0. The lowest BCUT2D eigenvalue weighted by atomic mass is 10.0. The third-order valence-corrected chi connectivity index (χ3v) is 4.37. The molecule has 1 aliphatic heterocycles. The molecule has 3 atom stereocenters. The third-order valence-electron chi connectivity index (χ3n) is 4.37. The van der Waals surface area contributed by atoms with E-state index in [1.165, 1.54) is 12.1 Å². The van der Waals surface area contributed by atoms with E-state index in [0.717, 1.165) is 24.4 Å². The molecular weight excluding hydrogens is 332 g/mol. The molecule has 0 aliphatic carbocycles. The molecule has 0 amide bonds. The van der Waals surface area contributed by atoms with E-state index in [1.807, 2.05) is 13.0 Å². The van der Waals surface area contributed by atoms with Crippen molar-refractivity contribution in [3.05, 3.63) is 46.1 Å². The minimum Gasteiger partial charge on any atom is -0.367 e. The maximum atomic E-state index is 11.0. The Morgan fingerprint density at radius 2 is 2.15 bits per heavy atom. The van der Waals surface area contributed by atoms with Crippen LogP contribution in [0.15, 0.2) is 30.3 Å². The molecule has 0 saturated carbocycles. The van der Waals surface area contributed by atoms with Crippen molar-refractivity contribution in [2.45, 2.75) is 51.7 Å². The van der Waals surface area contributed by atoms with Crippen molar-refractivity contribution < 1.29 is 4.92 Å². The molecule has 0 spiro atoms. The van der Waals surface area contributed by atoms with E-state index >= 15 is 0 Å². The van der Waals surface area contributed by atoms with Crippen LogP contribution in [0, 0.1) is 17.0 Å². The van der Waals surface area contributed by atoms with Crippen molar-refractivity contribution in [2.75, 3.05) is 5.32 Å². The monoisotopic (exact) mass is 356 g/mol. The number of hydrogen-bond donors (Lipinski definition) is 3. The lowest BCUT2D eigenvalue weighted by molar-refractivity contribution is -0.384. The summed E-state index contributed by atoms with van der Waals surface area (Å²) >= 11 is 0. The van der Waals surface area contributed by atoms with Crippen LogP contribution in [0.2, 0.25) is 0 Å². The van der Waals surface area contributed by atoms with Gasteiger partial charge in [0.1, 0.15) is 5.82 Å². The number of benzene rings is 1. The zero-order valence-corrected chi connectivity index (χ0v) is 15.2. The van der Waals surface area contributed by atoms with Crippen LogP contribution >= 0.6 is 0 Å². The number of anilines is 1. The van der Waals surface area contributed by atoms with E-state index in [4.69, 9.17) is 0 Å². The zero-order valence-electron chi connectivity index (χ0n) is 15.2. The summed E-state index contributed by atoms with van der Waals surface area (Å²) in [6.45, 7) is 6.17. The normalized spacial score (nSPS) is 20.7. The molecule has 3 unspecified atom stereocenters. The van der Waals surface area contributed by atoms with Crippen LogP contribution in [-0.4, -0.2) is 33.0 Å². The maximum Gasteiger partial charge on any atom is 0.270 e. The van der Waals surface area contributed by atoms with Gasteiger partial charge in [-0.2, -0.15) is 0 Å². The van der Waals surface area contributed by atoms with Gasteiger partial charge in [-0.25, -0.2) is 9.97 Å². The van der Waals surface area contributed by atoms with Crippen molar-refractivity contribution in [3.63, 3.8) is 0 Å². The van der Waals surface area contributed by atoms with Gasteiger partial charge in [-0.15, -0.1) is 0 Å². The van der Waals surface area contributed by atoms with Crippen molar-refractivity contribution in [3.8, 4) is 11.4 Å². The van der Waals surface area contributed by atoms with Gasteiger partial charge in [0.2, 0.25) is 0 Å². The number of hydrazine groups is 1. The van der Waals surface area contributed by atoms with E-state index in [2.05, 4.69) is 40.0 Å². The Kier molecular flexibility index (Phi) is 5.43. The van der Waals surface area contributed by atoms with Gasteiger partial charge in [-0.05, 0) is 33.6 Å². The van der Waals surface area contributed by atoms with Crippen LogP contribution in [0.4, 0.5) is 11.5 Å². The maximum absolute atomic E-state index is 11.0. The molecule has 8 heteroatoms. The van der Waals surface area contributed by atoms with Gasteiger partial charge in [0.05, 0.1) is 4.92 Å². The number of nitrogens with zero attached hydrogens (tertiary/aromatic N) is 3. The number of nitrogens with one attached hydrogen (secondary N) is 3. The van der Waals surface area contributed by atoms with E-state index in [-0.39, 0.29) is 11.7 Å². The highest BCUT2D eigenvalue weighted by atomic mass is 16.6. The fourth-order valence-corrected chi connectivity index (χ4v) is 3.23. The summed E-state index contributed by atoms with van der Waals surface area (Å²) in [6, 6.07) is 9.41. The predicted molar refractivity (Wildman–Crippen MR) is 101 cm³/mol. The molecule has 1 aliphatic rings. The molecular formula is C18H24N6O2. The average molecular weight is 356 g/mol. The summed E-state index contributed by atoms with van der Waals surface area (Å²) in [6.07, 6.45) is 2.06. The molecule has 2 aromatic rings. The topological polar surface area (TPSA) is 105 Å². The molecule has 8 nitrogen and oxygen atoms in total. The highest BCUT2D eigenvalue weighted by molar-refractivity contribution is 5.61. The van der Waals surface area contributed by atoms with E-state index < -0.39 is 4.92 Å². The van der Waals surface area contributed by atoms with Crippen LogP contribution in [0.1, 0.15) is 32.4 Å². The quantitative estimate of drug-likeness (QED) is 0.540. The first-order chi connectivity index (χ1) is 12.4. The van der Waals surface area contributed by atoms with Crippen molar-refractivity contribution in [1.82, 2.24) is 20.8 Å². The molecule has 1 saturated heterocycles. The van der Waals surface area contributed by atoms with Gasteiger partial charge in [-0.3, -0.25) is 21.0 Å². The van der Waals surface area contributed by atoms with Gasteiger partial charge >= 0.3 is 0 Å². The highest BCUT2D eigenvalue weighted by Crippen LogP contribution is 2.23. The Morgan fingerprint density at radius 3 is 2.85 bits per heavy atom. The molecule has 26 heavy (non-hydrogen) atoms. The zero-order chi connectivity index (χ0) is 18.7. The van der Waals surface area contributed by atoms with Gasteiger partial charge in [0.25, 0.3) is 5.69 Å². The molecule has 0 radical (unpaired) electrons. The second-order valence-corrected chi connectivity index (χ2v) is 6.93. The molecule has 138 valence electrons. The summed E-state index contributed by atoms with van der Waals surface area (Å²) in [5.74, 6) is 1.21.